The number of aryl methyl sites for hydroxylation is 1. The molecular weight excluding hydrogens is 434 g/mol. The molecule has 0 saturated heterocycles. The maximum atomic E-state index is 13.3. The molecule has 1 N–H and O–H groups in total. The highest BCUT2D eigenvalue weighted by Gasteiger charge is 2.26. The van der Waals surface area contributed by atoms with Crippen LogP contribution in [0.4, 0.5) is 0 Å². The first-order chi connectivity index (χ1) is 14.0. The molecule has 2 heterocycles. The van der Waals surface area contributed by atoms with Gasteiger partial charge >= 0.3 is 0 Å². The molecule has 4 aromatic rings. The Balaban J connectivity index is 1.72. The molecule has 0 bridgehead atoms. The van der Waals surface area contributed by atoms with E-state index >= 15 is 0 Å². The number of imidazole rings is 1. The second-order valence-electron chi connectivity index (χ2n) is 7.13. The molecule has 0 aliphatic carbocycles. The largest absolute Gasteiger partial charge is 0.342 e. The average molecular weight is 454 g/mol. The molecule has 0 saturated carbocycles. The van der Waals surface area contributed by atoms with Crippen molar-refractivity contribution in [3.63, 3.8) is 0 Å². The SMILES string of the molecule is CC(C)C(NC(=O)c1cc(Br)ccc1-n1cnnn1)c1nc2ccccc2n1C. The fraction of sp³-hybridized carbons (Fsp3) is 0.250. The molecular formula is C20H20BrN7O. The van der Waals surface area contributed by atoms with E-state index in [1.807, 2.05) is 41.9 Å². The molecule has 1 unspecified atom stereocenters. The second kappa shape index (κ2) is 7.75. The van der Waals surface area contributed by atoms with Crippen molar-refractivity contribution in [2.75, 3.05) is 0 Å². The van der Waals surface area contributed by atoms with Crippen LogP contribution in [0.15, 0.2) is 53.3 Å². The van der Waals surface area contributed by atoms with Crippen LogP contribution < -0.4 is 5.32 Å². The first-order valence-corrected chi connectivity index (χ1v) is 10.00. The fourth-order valence-electron chi connectivity index (χ4n) is 3.35. The maximum Gasteiger partial charge on any atom is 0.254 e. The zero-order valence-corrected chi connectivity index (χ0v) is 17.8. The summed E-state index contributed by atoms with van der Waals surface area (Å²) in [6.07, 6.45) is 1.46. The Labute approximate surface area is 176 Å². The number of amides is 1. The number of carbonyl (C=O) groups excluding carboxylic acids is 1. The molecule has 0 fully saturated rings. The summed E-state index contributed by atoms with van der Waals surface area (Å²) in [6.45, 7) is 4.13. The number of benzene rings is 2. The lowest BCUT2D eigenvalue weighted by Gasteiger charge is -2.23. The fourth-order valence-corrected chi connectivity index (χ4v) is 3.71. The van der Waals surface area contributed by atoms with Gasteiger partial charge in [0, 0.05) is 11.5 Å². The number of rotatable bonds is 5. The molecule has 4 rings (SSSR count). The van der Waals surface area contributed by atoms with E-state index in [2.05, 4.69) is 50.6 Å². The van der Waals surface area contributed by atoms with E-state index in [4.69, 9.17) is 4.98 Å². The van der Waals surface area contributed by atoms with E-state index in [0.29, 0.717) is 11.3 Å². The van der Waals surface area contributed by atoms with Gasteiger partial charge in [-0.25, -0.2) is 4.98 Å². The van der Waals surface area contributed by atoms with Gasteiger partial charge in [-0.2, -0.15) is 4.68 Å². The van der Waals surface area contributed by atoms with Crippen molar-refractivity contribution in [3.8, 4) is 5.69 Å². The first kappa shape index (κ1) is 19.3. The number of nitrogens with one attached hydrogen (secondary N) is 1. The molecule has 1 amide bonds. The first-order valence-electron chi connectivity index (χ1n) is 9.21. The average Bonchev–Trinajstić information content (AvgIpc) is 3.34. The summed E-state index contributed by atoms with van der Waals surface area (Å²) in [4.78, 5) is 18.0. The number of halogens is 1. The number of tetrazole rings is 1. The zero-order valence-electron chi connectivity index (χ0n) is 16.2. The summed E-state index contributed by atoms with van der Waals surface area (Å²) < 4.78 is 4.30. The number of hydrogen-bond acceptors (Lipinski definition) is 5. The van der Waals surface area contributed by atoms with E-state index in [9.17, 15) is 4.79 Å². The van der Waals surface area contributed by atoms with Crippen LogP contribution in [0, 0.1) is 5.92 Å². The minimum Gasteiger partial charge on any atom is -0.342 e. The Morgan fingerprint density at radius 1 is 1.17 bits per heavy atom. The van der Waals surface area contributed by atoms with Gasteiger partial charge in [0.1, 0.15) is 12.2 Å². The van der Waals surface area contributed by atoms with Gasteiger partial charge in [0.2, 0.25) is 0 Å². The number of para-hydroxylation sites is 2. The van der Waals surface area contributed by atoms with Crippen molar-refractivity contribution >= 4 is 32.9 Å². The van der Waals surface area contributed by atoms with Crippen LogP contribution >= 0.6 is 15.9 Å². The van der Waals surface area contributed by atoms with E-state index < -0.39 is 0 Å². The third-order valence-electron chi connectivity index (χ3n) is 4.85. The molecule has 1 atom stereocenters. The minimum atomic E-state index is -0.263. The van der Waals surface area contributed by atoms with E-state index in [-0.39, 0.29) is 17.9 Å². The summed E-state index contributed by atoms with van der Waals surface area (Å²) in [5, 5.41) is 14.4. The van der Waals surface area contributed by atoms with Crippen LogP contribution in [0.3, 0.4) is 0 Å². The van der Waals surface area contributed by atoms with Crippen LogP contribution in [0.25, 0.3) is 16.7 Å². The standard InChI is InChI=1S/C20H20BrN7O/c1-12(2)18(19-23-15-6-4-5-7-17(15)27(19)3)24-20(29)14-10-13(21)8-9-16(14)28-11-22-25-26-28/h4-12,18H,1-3H3,(H,24,29). The lowest BCUT2D eigenvalue weighted by molar-refractivity contribution is 0.0922. The van der Waals surface area contributed by atoms with Crippen molar-refractivity contribution in [3.05, 3.63) is 64.7 Å². The van der Waals surface area contributed by atoms with Crippen LogP contribution in [0.2, 0.25) is 0 Å². The van der Waals surface area contributed by atoms with Crippen molar-refractivity contribution in [1.29, 1.82) is 0 Å². The molecule has 0 radical (unpaired) electrons. The number of fused-ring (bicyclic) bond motifs is 1. The Bertz CT molecular complexity index is 1170. The topological polar surface area (TPSA) is 90.5 Å². The molecule has 9 heteroatoms. The summed E-state index contributed by atoms with van der Waals surface area (Å²) in [5.41, 5.74) is 3.00. The molecule has 0 aliphatic heterocycles. The van der Waals surface area contributed by atoms with E-state index in [1.54, 1.807) is 12.1 Å². The van der Waals surface area contributed by atoms with Crippen molar-refractivity contribution in [2.45, 2.75) is 19.9 Å². The van der Waals surface area contributed by atoms with Gasteiger partial charge in [0.15, 0.2) is 0 Å². The third kappa shape index (κ3) is 3.65. The quantitative estimate of drug-likeness (QED) is 0.499. The van der Waals surface area contributed by atoms with Crippen LogP contribution in [0.5, 0.6) is 0 Å². The summed E-state index contributed by atoms with van der Waals surface area (Å²) in [7, 11) is 1.97. The number of aromatic nitrogens is 6. The summed E-state index contributed by atoms with van der Waals surface area (Å²) >= 11 is 3.45. The molecule has 148 valence electrons. The summed E-state index contributed by atoms with van der Waals surface area (Å²) in [6, 6.07) is 13.1. The lowest BCUT2D eigenvalue weighted by atomic mass is 10.0. The molecule has 2 aromatic carbocycles. The van der Waals surface area contributed by atoms with Crippen LogP contribution in [0.1, 0.15) is 36.1 Å². The van der Waals surface area contributed by atoms with E-state index in [0.717, 1.165) is 21.3 Å². The van der Waals surface area contributed by atoms with Crippen molar-refractivity contribution in [1.82, 2.24) is 35.1 Å². The molecule has 2 aromatic heterocycles. The van der Waals surface area contributed by atoms with Gasteiger partial charge < -0.3 is 9.88 Å². The van der Waals surface area contributed by atoms with Crippen LogP contribution in [-0.4, -0.2) is 35.7 Å². The monoisotopic (exact) mass is 453 g/mol. The van der Waals surface area contributed by atoms with Crippen LogP contribution in [-0.2, 0) is 7.05 Å². The normalized spacial score (nSPS) is 12.4. The van der Waals surface area contributed by atoms with Gasteiger partial charge in [-0.05, 0) is 46.7 Å². The number of carbonyl (C=O) groups is 1. The predicted octanol–water partition coefficient (Wildman–Crippen LogP) is 3.44. The highest BCUT2D eigenvalue weighted by atomic mass is 79.9. The predicted molar refractivity (Wildman–Crippen MR) is 113 cm³/mol. The Kier molecular flexibility index (Phi) is 5.14. The highest BCUT2D eigenvalue weighted by Crippen LogP contribution is 2.26. The van der Waals surface area contributed by atoms with Gasteiger partial charge in [-0.15, -0.1) is 5.10 Å². The van der Waals surface area contributed by atoms with E-state index in [1.165, 1.54) is 11.0 Å². The molecule has 8 nitrogen and oxygen atoms in total. The number of hydrogen-bond donors (Lipinski definition) is 1. The summed E-state index contributed by atoms with van der Waals surface area (Å²) in [5.74, 6) is 0.731. The van der Waals surface area contributed by atoms with Gasteiger partial charge in [0.05, 0.1) is 28.3 Å². The van der Waals surface area contributed by atoms with Gasteiger partial charge in [-0.1, -0.05) is 41.9 Å². The Morgan fingerprint density at radius 3 is 2.66 bits per heavy atom. The second-order valence-corrected chi connectivity index (χ2v) is 8.04. The third-order valence-corrected chi connectivity index (χ3v) is 5.35. The highest BCUT2D eigenvalue weighted by molar-refractivity contribution is 9.10. The lowest BCUT2D eigenvalue weighted by Crippen LogP contribution is -2.34. The molecule has 29 heavy (non-hydrogen) atoms. The smallest absolute Gasteiger partial charge is 0.254 e. The maximum absolute atomic E-state index is 13.3. The molecule has 0 aliphatic rings. The molecule has 0 spiro atoms. The van der Waals surface area contributed by atoms with Crippen molar-refractivity contribution < 1.29 is 4.79 Å². The van der Waals surface area contributed by atoms with Crippen molar-refractivity contribution in [2.24, 2.45) is 13.0 Å². The van der Waals surface area contributed by atoms with Gasteiger partial charge in [-0.3, -0.25) is 4.79 Å². The Hall–Kier alpha value is -3.07. The Morgan fingerprint density at radius 2 is 1.97 bits per heavy atom. The van der Waals surface area contributed by atoms with Gasteiger partial charge in [0.25, 0.3) is 5.91 Å². The number of nitrogens with zero attached hydrogens (tertiary/aromatic N) is 6. The minimum absolute atomic E-state index is 0.137. The zero-order chi connectivity index (χ0) is 20.5.